The van der Waals surface area contributed by atoms with E-state index in [2.05, 4.69) is 27.8 Å². The summed E-state index contributed by atoms with van der Waals surface area (Å²) in [6, 6.07) is 6.64. The van der Waals surface area contributed by atoms with Gasteiger partial charge < -0.3 is 14.8 Å². The minimum Gasteiger partial charge on any atom is -0.497 e. The summed E-state index contributed by atoms with van der Waals surface area (Å²) in [4.78, 5) is 23.8. The molecule has 0 aliphatic rings. The normalized spacial score (nSPS) is 10.3. The van der Waals surface area contributed by atoms with Crippen LogP contribution in [0.3, 0.4) is 0 Å². The second kappa shape index (κ2) is 9.36. The topological polar surface area (TPSA) is 108 Å². The number of tetrazole rings is 1. The van der Waals surface area contributed by atoms with Gasteiger partial charge in [0.2, 0.25) is 0 Å². The molecule has 0 unspecified atom stereocenters. The number of ether oxygens (including phenoxy) is 2. The van der Waals surface area contributed by atoms with Crippen LogP contribution >= 0.6 is 0 Å². The molecule has 0 bridgehead atoms. The highest BCUT2D eigenvalue weighted by Gasteiger charge is 2.12. The van der Waals surface area contributed by atoms with Crippen LogP contribution in [0.2, 0.25) is 0 Å². The van der Waals surface area contributed by atoms with E-state index in [9.17, 15) is 9.59 Å². The minimum absolute atomic E-state index is 0.0371. The van der Waals surface area contributed by atoms with Gasteiger partial charge in [0.1, 0.15) is 12.3 Å². The molecule has 1 aromatic carbocycles. The van der Waals surface area contributed by atoms with Gasteiger partial charge in [-0.25, -0.2) is 4.68 Å². The third-order valence-electron chi connectivity index (χ3n) is 3.42. The maximum absolute atomic E-state index is 12.0. The highest BCUT2D eigenvalue weighted by molar-refractivity contribution is 5.96. The van der Waals surface area contributed by atoms with Gasteiger partial charge in [0, 0.05) is 12.1 Å². The zero-order chi connectivity index (χ0) is 18.1. The highest BCUT2D eigenvalue weighted by atomic mass is 16.5. The van der Waals surface area contributed by atoms with Crippen molar-refractivity contribution in [2.45, 2.75) is 32.9 Å². The smallest absolute Gasteiger partial charge is 0.325 e. The number of nitrogens with one attached hydrogen (secondary N) is 1. The zero-order valence-corrected chi connectivity index (χ0v) is 14.3. The first-order valence-corrected chi connectivity index (χ1v) is 7.97. The number of aryl methyl sites for hydroxylation is 1. The standard InChI is InChI=1S/C16H21N5O4/c1-3-4-8-21-14(18-19-20-21)11-25-15(22)10-17-16(23)12-6-5-7-13(9-12)24-2/h5-7,9H,3-4,8,10-11H2,1-2H3,(H,17,23). The van der Waals surface area contributed by atoms with E-state index in [1.54, 1.807) is 28.9 Å². The molecule has 1 N–H and O–H groups in total. The Bertz CT molecular complexity index is 716. The van der Waals surface area contributed by atoms with Gasteiger partial charge in [-0.15, -0.1) is 5.10 Å². The Morgan fingerprint density at radius 1 is 1.32 bits per heavy atom. The van der Waals surface area contributed by atoms with Crippen molar-refractivity contribution in [3.05, 3.63) is 35.7 Å². The Kier molecular flexibility index (Phi) is 6.87. The molecule has 2 rings (SSSR count). The van der Waals surface area contributed by atoms with Crippen LogP contribution < -0.4 is 10.1 Å². The fourth-order valence-corrected chi connectivity index (χ4v) is 2.02. The molecule has 1 amide bonds. The maximum atomic E-state index is 12.0. The van der Waals surface area contributed by atoms with Crippen LogP contribution in [0.5, 0.6) is 5.75 Å². The van der Waals surface area contributed by atoms with Crippen molar-refractivity contribution in [1.82, 2.24) is 25.5 Å². The van der Waals surface area contributed by atoms with Gasteiger partial charge in [0.25, 0.3) is 5.91 Å². The Hall–Kier alpha value is -2.97. The van der Waals surface area contributed by atoms with Crippen LogP contribution in [0.4, 0.5) is 0 Å². The molecular weight excluding hydrogens is 326 g/mol. The summed E-state index contributed by atoms with van der Waals surface area (Å²) in [6.07, 6.45) is 1.94. The van der Waals surface area contributed by atoms with Gasteiger partial charge in [0.05, 0.1) is 7.11 Å². The molecule has 0 spiro atoms. The average molecular weight is 347 g/mol. The quantitative estimate of drug-likeness (QED) is 0.673. The van der Waals surface area contributed by atoms with E-state index >= 15 is 0 Å². The number of esters is 1. The molecule has 0 saturated carbocycles. The summed E-state index contributed by atoms with van der Waals surface area (Å²) in [7, 11) is 1.52. The number of carbonyl (C=O) groups excluding carboxylic acids is 2. The Labute approximate surface area is 145 Å². The van der Waals surface area contributed by atoms with Crippen molar-refractivity contribution in [2.75, 3.05) is 13.7 Å². The van der Waals surface area contributed by atoms with Crippen LogP contribution in [0.25, 0.3) is 0 Å². The number of methoxy groups -OCH3 is 1. The molecule has 0 fully saturated rings. The number of hydrogen-bond acceptors (Lipinski definition) is 7. The summed E-state index contributed by atoms with van der Waals surface area (Å²) in [5, 5.41) is 13.7. The van der Waals surface area contributed by atoms with Gasteiger partial charge in [-0.1, -0.05) is 19.4 Å². The molecule has 0 aliphatic carbocycles. The molecule has 9 nitrogen and oxygen atoms in total. The second-order valence-electron chi connectivity index (χ2n) is 5.25. The molecule has 2 aromatic rings. The first kappa shape index (κ1) is 18.4. The van der Waals surface area contributed by atoms with Crippen molar-refractivity contribution in [1.29, 1.82) is 0 Å². The van der Waals surface area contributed by atoms with E-state index in [-0.39, 0.29) is 19.1 Å². The van der Waals surface area contributed by atoms with Crippen LogP contribution in [0.1, 0.15) is 35.9 Å². The Morgan fingerprint density at radius 3 is 2.92 bits per heavy atom. The summed E-state index contributed by atoms with van der Waals surface area (Å²) < 4.78 is 11.8. The summed E-state index contributed by atoms with van der Waals surface area (Å²) in [5.74, 6) is 0.0833. The number of nitrogens with zero attached hydrogens (tertiary/aromatic N) is 4. The largest absolute Gasteiger partial charge is 0.497 e. The molecule has 1 aromatic heterocycles. The number of carbonyl (C=O) groups is 2. The number of benzene rings is 1. The number of unbranched alkanes of at least 4 members (excludes halogenated alkanes) is 1. The lowest BCUT2D eigenvalue weighted by molar-refractivity contribution is -0.144. The molecule has 1 heterocycles. The SMILES string of the molecule is CCCCn1nnnc1COC(=O)CNC(=O)c1cccc(OC)c1. The molecule has 0 saturated heterocycles. The Balaban J connectivity index is 1.79. The van der Waals surface area contributed by atoms with Gasteiger partial charge in [-0.2, -0.15) is 0 Å². The molecule has 25 heavy (non-hydrogen) atoms. The number of hydrogen-bond donors (Lipinski definition) is 1. The fraction of sp³-hybridized carbons (Fsp3) is 0.438. The van der Waals surface area contributed by atoms with E-state index in [1.165, 1.54) is 7.11 Å². The van der Waals surface area contributed by atoms with Gasteiger partial charge in [-0.3, -0.25) is 9.59 Å². The van der Waals surface area contributed by atoms with Gasteiger partial charge in [-0.05, 0) is 35.0 Å². The predicted molar refractivity (Wildman–Crippen MR) is 87.8 cm³/mol. The number of rotatable bonds is 9. The molecule has 9 heteroatoms. The third kappa shape index (κ3) is 5.55. The lowest BCUT2D eigenvalue weighted by atomic mass is 10.2. The second-order valence-corrected chi connectivity index (χ2v) is 5.25. The van der Waals surface area contributed by atoms with E-state index in [0.29, 0.717) is 23.7 Å². The third-order valence-corrected chi connectivity index (χ3v) is 3.42. The summed E-state index contributed by atoms with van der Waals surface area (Å²) in [5.41, 5.74) is 0.399. The van der Waals surface area contributed by atoms with E-state index in [0.717, 1.165) is 12.8 Å². The summed E-state index contributed by atoms with van der Waals surface area (Å²) in [6.45, 7) is 2.45. The van der Waals surface area contributed by atoms with Gasteiger partial charge in [0.15, 0.2) is 12.4 Å². The van der Waals surface area contributed by atoms with Crippen LogP contribution in [0, 0.1) is 0 Å². The lowest BCUT2D eigenvalue weighted by Gasteiger charge is -2.07. The number of amides is 1. The molecule has 134 valence electrons. The molecule has 0 aliphatic heterocycles. The van der Waals surface area contributed by atoms with E-state index in [1.807, 2.05) is 0 Å². The van der Waals surface area contributed by atoms with Crippen molar-refractivity contribution in [3.63, 3.8) is 0 Å². The molecule has 0 radical (unpaired) electrons. The van der Waals surface area contributed by atoms with Gasteiger partial charge >= 0.3 is 5.97 Å². The predicted octanol–water partition coefficient (Wildman–Crippen LogP) is 0.955. The first-order valence-electron chi connectivity index (χ1n) is 7.97. The first-order chi connectivity index (χ1) is 12.1. The lowest BCUT2D eigenvalue weighted by Crippen LogP contribution is -2.30. The van der Waals surface area contributed by atoms with Crippen LogP contribution in [0.15, 0.2) is 24.3 Å². The fourth-order valence-electron chi connectivity index (χ4n) is 2.02. The number of aromatic nitrogens is 4. The minimum atomic E-state index is -0.568. The van der Waals surface area contributed by atoms with Crippen molar-refractivity contribution < 1.29 is 19.1 Å². The average Bonchev–Trinajstić information content (AvgIpc) is 3.10. The van der Waals surface area contributed by atoms with E-state index in [4.69, 9.17) is 9.47 Å². The van der Waals surface area contributed by atoms with Crippen molar-refractivity contribution in [3.8, 4) is 5.75 Å². The zero-order valence-electron chi connectivity index (χ0n) is 14.3. The molecule has 0 atom stereocenters. The van der Waals surface area contributed by atoms with Crippen molar-refractivity contribution >= 4 is 11.9 Å². The van der Waals surface area contributed by atoms with Crippen molar-refractivity contribution in [2.24, 2.45) is 0 Å². The van der Waals surface area contributed by atoms with Crippen LogP contribution in [-0.4, -0.2) is 45.7 Å². The highest BCUT2D eigenvalue weighted by Crippen LogP contribution is 2.12. The van der Waals surface area contributed by atoms with Crippen LogP contribution in [-0.2, 0) is 22.7 Å². The van der Waals surface area contributed by atoms with E-state index < -0.39 is 5.97 Å². The maximum Gasteiger partial charge on any atom is 0.325 e. The summed E-state index contributed by atoms with van der Waals surface area (Å²) >= 11 is 0. The molecular formula is C16H21N5O4. The monoisotopic (exact) mass is 347 g/mol. The Morgan fingerprint density at radius 2 is 2.16 bits per heavy atom.